The zero-order valence-electron chi connectivity index (χ0n) is 7.42. The van der Waals surface area contributed by atoms with Crippen molar-refractivity contribution in [2.75, 3.05) is 0 Å². The quantitative estimate of drug-likeness (QED) is 0.639. The third kappa shape index (κ3) is 2.10. The van der Waals surface area contributed by atoms with Crippen molar-refractivity contribution in [3.05, 3.63) is 23.0 Å². The van der Waals surface area contributed by atoms with Gasteiger partial charge in [-0.05, 0) is 0 Å². The van der Waals surface area contributed by atoms with E-state index in [1.807, 2.05) is 0 Å². The molecule has 1 aromatic rings. The molecule has 0 spiro atoms. The van der Waals surface area contributed by atoms with Crippen LogP contribution >= 0.6 is 0 Å². The summed E-state index contributed by atoms with van der Waals surface area (Å²) in [6.07, 6.45) is -8.57. The molecule has 0 aliphatic rings. The standard InChI is InChI=1S/C8H4F5NO2/c9-7(10)3-1-14-4(2-15)6(16)5(3)8(11,12)13/h1-2,7,16H. The van der Waals surface area contributed by atoms with E-state index in [0.717, 1.165) is 0 Å². The molecule has 1 heterocycles. The number of carbonyl (C=O) groups excluding carboxylic acids is 1. The average Bonchev–Trinajstić information content (AvgIpc) is 2.14. The topological polar surface area (TPSA) is 50.2 Å². The first kappa shape index (κ1) is 12.3. The summed E-state index contributed by atoms with van der Waals surface area (Å²) in [5, 5.41) is 9.01. The van der Waals surface area contributed by atoms with Gasteiger partial charge in [-0.3, -0.25) is 4.79 Å². The van der Waals surface area contributed by atoms with E-state index in [1.165, 1.54) is 0 Å². The van der Waals surface area contributed by atoms with Gasteiger partial charge in [0, 0.05) is 6.20 Å². The number of pyridine rings is 1. The van der Waals surface area contributed by atoms with Crippen molar-refractivity contribution >= 4 is 6.29 Å². The zero-order valence-corrected chi connectivity index (χ0v) is 7.42. The number of carbonyl (C=O) groups is 1. The minimum atomic E-state index is -5.18. The number of hydrogen-bond donors (Lipinski definition) is 1. The van der Waals surface area contributed by atoms with E-state index in [9.17, 15) is 26.7 Å². The minimum Gasteiger partial charge on any atom is -0.505 e. The van der Waals surface area contributed by atoms with Crippen molar-refractivity contribution < 1.29 is 31.9 Å². The first-order valence-electron chi connectivity index (χ1n) is 3.81. The average molecular weight is 241 g/mol. The van der Waals surface area contributed by atoms with Crippen molar-refractivity contribution in [2.24, 2.45) is 0 Å². The number of hydrogen-bond acceptors (Lipinski definition) is 3. The van der Waals surface area contributed by atoms with Crippen molar-refractivity contribution in [1.29, 1.82) is 0 Å². The monoisotopic (exact) mass is 241 g/mol. The number of alkyl halides is 5. The Kier molecular flexibility index (Phi) is 3.11. The lowest BCUT2D eigenvalue weighted by Crippen LogP contribution is -2.12. The van der Waals surface area contributed by atoms with Gasteiger partial charge in [-0.15, -0.1) is 0 Å². The van der Waals surface area contributed by atoms with E-state index >= 15 is 0 Å². The maximum absolute atomic E-state index is 12.3. The highest BCUT2D eigenvalue weighted by Gasteiger charge is 2.40. The molecule has 0 radical (unpaired) electrons. The summed E-state index contributed by atoms with van der Waals surface area (Å²) < 4.78 is 61.5. The van der Waals surface area contributed by atoms with Gasteiger partial charge in [0.2, 0.25) is 0 Å². The van der Waals surface area contributed by atoms with Crippen LogP contribution in [-0.4, -0.2) is 16.4 Å². The summed E-state index contributed by atoms with van der Waals surface area (Å²) >= 11 is 0. The number of nitrogens with zero attached hydrogens (tertiary/aromatic N) is 1. The molecule has 1 aromatic heterocycles. The molecule has 0 bridgehead atoms. The molecular weight excluding hydrogens is 237 g/mol. The largest absolute Gasteiger partial charge is 0.505 e. The number of rotatable bonds is 2. The fourth-order valence-electron chi connectivity index (χ4n) is 1.08. The molecular formula is C8H4F5NO2. The maximum Gasteiger partial charge on any atom is 0.420 e. The Labute approximate surface area is 85.5 Å². The smallest absolute Gasteiger partial charge is 0.420 e. The van der Waals surface area contributed by atoms with Gasteiger partial charge < -0.3 is 5.11 Å². The molecule has 0 saturated heterocycles. The summed E-state index contributed by atoms with van der Waals surface area (Å²) in [6, 6.07) is 0. The second-order valence-electron chi connectivity index (χ2n) is 2.74. The minimum absolute atomic E-state index is 0.153. The second kappa shape index (κ2) is 4.03. The first-order valence-corrected chi connectivity index (χ1v) is 3.81. The third-order valence-electron chi connectivity index (χ3n) is 1.74. The Hall–Kier alpha value is -1.73. The van der Waals surface area contributed by atoms with Gasteiger partial charge in [0.15, 0.2) is 12.0 Å². The SMILES string of the molecule is O=Cc1ncc(C(F)F)c(C(F)(F)F)c1O. The van der Waals surface area contributed by atoms with Crippen LogP contribution < -0.4 is 0 Å². The number of aromatic hydroxyl groups is 1. The molecule has 0 aliphatic carbocycles. The van der Waals surface area contributed by atoms with Crippen molar-refractivity contribution in [2.45, 2.75) is 12.6 Å². The van der Waals surface area contributed by atoms with Crippen LogP contribution in [0.4, 0.5) is 22.0 Å². The highest BCUT2D eigenvalue weighted by atomic mass is 19.4. The normalized spacial score (nSPS) is 11.9. The second-order valence-corrected chi connectivity index (χ2v) is 2.74. The van der Waals surface area contributed by atoms with Gasteiger partial charge in [0.05, 0.1) is 5.56 Å². The number of aldehydes is 1. The molecule has 1 rings (SSSR count). The van der Waals surface area contributed by atoms with Crippen LogP contribution in [0.25, 0.3) is 0 Å². The molecule has 0 unspecified atom stereocenters. The van der Waals surface area contributed by atoms with Crippen LogP contribution in [0.2, 0.25) is 0 Å². The highest BCUT2D eigenvalue weighted by Crippen LogP contribution is 2.41. The lowest BCUT2D eigenvalue weighted by Gasteiger charge is -2.14. The van der Waals surface area contributed by atoms with Gasteiger partial charge in [-0.1, -0.05) is 0 Å². The first-order chi connectivity index (χ1) is 7.29. The third-order valence-corrected chi connectivity index (χ3v) is 1.74. The van der Waals surface area contributed by atoms with Gasteiger partial charge >= 0.3 is 6.18 Å². The van der Waals surface area contributed by atoms with E-state index in [0.29, 0.717) is 0 Å². The van der Waals surface area contributed by atoms with Crippen molar-refractivity contribution in [3.63, 3.8) is 0 Å². The van der Waals surface area contributed by atoms with E-state index in [4.69, 9.17) is 5.11 Å². The van der Waals surface area contributed by atoms with Crippen LogP contribution in [0.5, 0.6) is 5.75 Å². The molecule has 8 heteroatoms. The van der Waals surface area contributed by atoms with Crippen LogP contribution in [0.3, 0.4) is 0 Å². The Morgan fingerprint density at radius 3 is 2.31 bits per heavy atom. The molecule has 0 aliphatic heterocycles. The van der Waals surface area contributed by atoms with Crippen LogP contribution in [0.1, 0.15) is 28.0 Å². The lowest BCUT2D eigenvalue weighted by molar-refractivity contribution is -0.140. The van der Waals surface area contributed by atoms with Crippen LogP contribution in [-0.2, 0) is 6.18 Å². The van der Waals surface area contributed by atoms with Gasteiger partial charge in [-0.2, -0.15) is 13.2 Å². The van der Waals surface area contributed by atoms with Gasteiger partial charge in [0.1, 0.15) is 11.3 Å². The maximum atomic E-state index is 12.3. The summed E-state index contributed by atoms with van der Waals surface area (Å²) in [6.45, 7) is 0. The molecule has 0 fully saturated rings. The Morgan fingerprint density at radius 2 is 1.94 bits per heavy atom. The van der Waals surface area contributed by atoms with Gasteiger partial charge in [0.25, 0.3) is 6.43 Å². The Bertz CT molecular complexity index is 416. The molecule has 3 nitrogen and oxygen atoms in total. The molecule has 0 saturated carbocycles. The van der Waals surface area contributed by atoms with E-state index in [2.05, 4.69) is 4.98 Å². The Balaban J connectivity index is 3.56. The zero-order chi connectivity index (χ0) is 12.5. The number of halogens is 5. The molecule has 1 N–H and O–H groups in total. The lowest BCUT2D eigenvalue weighted by atomic mass is 10.1. The fraction of sp³-hybridized carbons (Fsp3) is 0.250. The predicted molar refractivity (Wildman–Crippen MR) is 41.2 cm³/mol. The van der Waals surface area contributed by atoms with Crippen LogP contribution in [0.15, 0.2) is 6.20 Å². The summed E-state index contributed by atoms with van der Waals surface area (Å²) in [7, 11) is 0. The van der Waals surface area contributed by atoms with Crippen molar-refractivity contribution in [1.82, 2.24) is 4.98 Å². The van der Waals surface area contributed by atoms with E-state index < -0.39 is 35.2 Å². The molecule has 0 atom stereocenters. The van der Waals surface area contributed by atoms with Crippen LogP contribution in [0, 0.1) is 0 Å². The Morgan fingerprint density at radius 1 is 1.38 bits per heavy atom. The van der Waals surface area contributed by atoms with E-state index in [-0.39, 0.29) is 12.5 Å². The fourth-order valence-corrected chi connectivity index (χ4v) is 1.08. The summed E-state index contributed by atoms with van der Waals surface area (Å²) in [5.74, 6) is -1.58. The van der Waals surface area contributed by atoms with E-state index in [1.54, 1.807) is 0 Å². The summed E-state index contributed by atoms with van der Waals surface area (Å²) in [4.78, 5) is 13.2. The predicted octanol–water partition coefficient (Wildman–Crippen LogP) is 2.56. The molecule has 0 amide bonds. The van der Waals surface area contributed by atoms with Gasteiger partial charge in [-0.25, -0.2) is 13.8 Å². The molecule has 88 valence electrons. The summed E-state index contributed by atoms with van der Waals surface area (Å²) in [5.41, 5.74) is -4.33. The highest BCUT2D eigenvalue weighted by molar-refractivity contribution is 5.77. The number of aromatic nitrogens is 1. The molecule has 0 aromatic carbocycles. The van der Waals surface area contributed by atoms with Crippen molar-refractivity contribution in [3.8, 4) is 5.75 Å². The molecule has 16 heavy (non-hydrogen) atoms.